The normalized spacial score (nSPS) is 15.6. The van der Waals surface area contributed by atoms with Gasteiger partial charge < -0.3 is 0 Å². The fourth-order valence-electron chi connectivity index (χ4n) is 9.80. The van der Waals surface area contributed by atoms with Gasteiger partial charge in [0.05, 0.1) is 11.5 Å². The second-order valence-electron chi connectivity index (χ2n) is 16.0. The highest BCUT2D eigenvalue weighted by Crippen LogP contribution is 2.68. The van der Waals surface area contributed by atoms with Crippen molar-refractivity contribution in [1.29, 1.82) is 0 Å². The zero-order chi connectivity index (χ0) is 40.9. The number of thiophene rings is 1. The number of hydrogen-bond acceptors (Lipinski definition) is 2. The topological polar surface area (TPSA) is 24.7 Å². The predicted molar refractivity (Wildman–Crippen MR) is 257 cm³/mol. The lowest BCUT2D eigenvalue weighted by molar-refractivity contribution is 0.799. The fraction of sp³-hybridized carbons (Fsp3) is 0.0690. The van der Waals surface area contributed by atoms with Crippen LogP contribution in [0.1, 0.15) is 58.8 Å². The molecule has 2 aliphatic rings. The van der Waals surface area contributed by atoms with Gasteiger partial charge in [0.25, 0.3) is 0 Å². The number of fused-ring (bicyclic) bond motifs is 10. The molecule has 1 spiro atoms. The monoisotopic (exact) mass is 798 g/mol. The highest BCUT2D eigenvalue weighted by molar-refractivity contribution is 7.19. The summed E-state index contributed by atoms with van der Waals surface area (Å²) in [5.41, 5.74) is 19.2. The van der Waals surface area contributed by atoms with E-state index in [4.69, 9.17) is 9.98 Å². The maximum absolute atomic E-state index is 5.33. The van der Waals surface area contributed by atoms with Crippen LogP contribution >= 0.6 is 11.3 Å². The first-order valence-electron chi connectivity index (χ1n) is 21.1. The molecule has 0 fully saturated rings. The van der Waals surface area contributed by atoms with Crippen molar-refractivity contribution in [1.82, 2.24) is 0 Å². The standard InChI is InChI=1S/C58H42N2S/c1-38(40-21-7-3-8-22-40)59-57(43-27-13-6-14-28-43)60-39(2)44-29-19-30-45(37-44)46-33-20-36-51-52(46)47-31-15-17-34-49(47)58(51)50-35-18-16-32-48(50)53-54(58)56(42-25-11-5-12-26-42)61-55(53)41-23-9-4-10-24-41/h3-37,39H,1-2H3. The maximum Gasteiger partial charge on any atom is 0.155 e. The summed E-state index contributed by atoms with van der Waals surface area (Å²) in [4.78, 5) is 13.1. The molecule has 0 radical (unpaired) electrons. The molecule has 3 heteroatoms. The molecule has 8 aromatic carbocycles. The number of hydrogen-bond donors (Lipinski definition) is 0. The zero-order valence-corrected chi connectivity index (χ0v) is 34.9. The summed E-state index contributed by atoms with van der Waals surface area (Å²) in [5, 5.41) is 0. The molecule has 61 heavy (non-hydrogen) atoms. The molecule has 2 nitrogen and oxygen atoms in total. The van der Waals surface area contributed by atoms with E-state index in [-0.39, 0.29) is 6.04 Å². The van der Waals surface area contributed by atoms with Gasteiger partial charge in [-0.25, -0.2) is 4.99 Å². The van der Waals surface area contributed by atoms with Crippen molar-refractivity contribution in [3.05, 3.63) is 251 Å². The Bertz CT molecular complexity index is 3140. The van der Waals surface area contributed by atoms with Crippen molar-refractivity contribution in [3.8, 4) is 54.3 Å². The smallest absolute Gasteiger partial charge is 0.155 e. The van der Waals surface area contributed by atoms with Crippen LogP contribution in [0.4, 0.5) is 0 Å². The van der Waals surface area contributed by atoms with Crippen molar-refractivity contribution in [2.75, 3.05) is 0 Å². The maximum atomic E-state index is 5.33. The first kappa shape index (κ1) is 36.8. The van der Waals surface area contributed by atoms with Crippen molar-refractivity contribution in [2.45, 2.75) is 25.3 Å². The molecule has 2 unspecified atom stereocenters. The molecule has 9 aromatic rings. The van der Waals surface area contributed by atoms with Crippen molar-refractivity contribution < 1.29 is 0 Å². The molecule has 0 aliphatic heterocycles. The van der Waals surface area contributed by atoms with Crippen LogP contribution in [0.2, 0.25) is 0 Å². The van der Waals surface area contributed by atoms with Crippen LogP contribution in [-0.2, 0) is 5.41 Å². The van der Waals surface area contributed by atoms with Crippen molar-refractivity contribution >= 4 is 22.9 Å². The predicted octanol–water partition coefficient (Wildman–Crippen LogP) is 15.1. The van der Waals surface area contributed by atoms with Crippen LogP contribution in [0, 0.1) is 0 Å². The number of benzene rings is 8. The largest absolute Gasteiger partial charge is 0.258 e. The third-order valence-corrected chi connectivity index (χ3v) is 13.8. The molecule has 0 saturated carbocycles. The summed E-state index contributed by atoms with van der Waals surface area (Å²) in [7, 11) is 0. The van der Waals surface area contributed by atoms with E-state index < -0.39 is 5.41 Å². The molecular weight excluding hydrogens is 757 g/mol. The van der Waals surface area contributed by atoms with Crippen LogP contribution in [0.15, 0.2) is 222 Å². The summed E-state index contributed by atoms with van der Waals surface area (Å²) < 4.78 is 0. The van der Waals surface area contributed by atoms with Gasteiger partial charge in [-0.15, -0.1) is 11.3 Å². The first-order valence-corrected chi connectivity index (χ1v) is 21.9. The Labute approximate surface area is 361 Å². The summed E-state index contributed by atoms with van der Waals surface area (Å²) in [6.07, 6.45) is 0. The number of aliphatic imine (C=N–C) groups is 2. The Morgan fingerprint density at radius 1 is 0.459 bits per heavy atom. The second kappa shape index (κ2) is 15.1. The minimum Gasteiger partial charge on any atom is -0.258 e. The third kappa shape index (κ3) is 5.99. The van der Waals surface area contributed by atoms with Gasteiger partial charge in [0.2, 0.25) is 0 Å². The van der Waals surface area contributed by atoms with Crippen LogP contribution in [0.5, 0.6) is 0 Å². The number of amidine groups is 1. The minimum absolute atomic E-state index is 0.141. The molecule has 2 atom stereocenters. The van der Waals surface area contributed by atoms with E-state index in [1.165, 1.54) is 76.5 Å². The molecule has 1 aromatic heterocycles. The molecule has 0 bridgehead atoms. The summed E-state index contributed by atoms with van der Waals surface area (Å²) in [5.74, 6) is 0.729. The van der Waals surface area contributed by atoms with Crippen LogP contribution < -0.4 is 0 Å². The van der Waals surface area contributed by atoms with Gasteiger partial charge in [0.15, 0.2) is 5.84 Å². The van der Waals surface area contributed by atoms with Crippen LogP contribution in [-0.4, -0.2) is 11.5 Å². The molecule has 0 amide bonds. The third-order valence-electron chi connectivity index (χ3n) is 12.5. The average molecular weight is 799 g/mol. The van der Waals surface area contributed by atoms with Crippen LogP contribution in [0.3, 0.4) is 0 Å². The van der Waals surface area contributed by atoms with E-state index in [0.29, 0.717) is 0 Å². The summed E-state index contributed by atoms with van der Waals surface area (Å²) in [6.45, 7) is 4.24. The lowest BCUT2D eigenvalue weighted by Crippen LogP contribution is -2.26. The lowest BCUT2D eigenvalue weighted by atomic mass is 9.70. The van der Waals surface area contributed by atoms with E-state index in [2.05, 4.69) is 214 Å². The molecule has 1 heterocycles. The fourth-order valence-corrected chi connectivity index (χ4v) is 11.2. The summed E-state index contributed by atoms with van der Waals surface area (Å²) >= 11 is 1.93. The Morgan fingerprint density at radius 3 is 1.61 bits per heavy atom. The number of rotatable bonds is 7. The second-order valence-corrected chi connectivity index (χ2v) is 17.0. The van der Waals surface area contributed by atoms with E-state index in [9.17, 15) is 0 Å². The van der Waals surface area contributed by atoms with E-state index >= 15 is 0 Å². The molecular formula is C58H42N2S. The molecule has 11 rings (SSSR count). The Kier molecular flexibility index (Phi) is 9.13. The lowest BCUT2D eigenvalue weighted by Gasteiger charge is -2.31. The van der Waals surface area contributed by atoms with Gasteiger partial charge in [-0.3, -0.25) is 4.99 Å². The van der Waals surface area contributed by atoms with Gasteiger partial charge in [0, 0.05) is 26.6 Å². The van der Waals surface area contributed by atoms with Crippen LogP contribution in [0.25, 0.3) is 54.3 Å². The first-order chi connectivity index (χ1) is 30.1. The minimum atomic E-state index is -0.503. The molecule has 2 aliphatic carbocycles. The SMILES string of the molecule is CC(=NC(=NC(C)c1cccc(-c2cccc3c2-c2ccccc2C32c3ccccc3-c3c(-c4ccccc4)sc(-c4ccccc4)c32)c1)c1ccccc1)c1ccccc1. The van der Waals surface area contributed by atoms with Crippen molar-refractivity contribution in [3.63, 3.8) is 0 Å². The van der Waals surface area contributed by atoms with Crippen molar-refractivity contribution in [2.24, 2.45) is 9.98 Å². The Morgan fingerprint density at radius 2 is 0.951 bits per heavy atom. The van der Waals surface area contributed by atoms with E-state index in [0.717, 1.165) is 28.2 Å². The molecule has 0 N–H and O–H groups in total. The Hall–Kier alpha value is -7.20. The van der Waals surface area contributed by atoms with Gasteiger partial charge in [0.1, 0.15) is 0 Å². The van der Waals surface area contributed by atoms with Gasteiger partial charge in [-0.2, -0.15) is 0 Å². The Balaban J connectivity index is 1.11. The van der Waals surface area contributed by atoms with E-state index in [1.807, 2.05) is 23.5 Å². The van der Waals surface area contributed by atoms with Gasteiger partial charge in [-0.1, -0.05) is 206 Å². The van der Waals surface area contributed by atoms with Gasteiger partial charge in [-0.05, 0) is 92.2 Å². The zero-order valence-electron chi connectivity index (χ0n) is 34.1. The average Bonchev–Trinajstić information content (AvgIpc) is 3.97. The molecule has 290 valence electrons. The quantitative estimate of drug-likeness (QED) is 0.113. The highest BCUT2D eigenvalue weighted by atomic mass is 32.1. The van der Waals surface area contributed by atoms with Gasteiger partial charge >= 0.3 is 0 Å². The summed E-state index contributed by atoms with van der Waals surface area (Å²) in [6, 6.07) is 76.8. The highest BCUT2D eigenvalue weighted by Gasteiger charge is 2.55. The number of nitrogens with zero attached hydrogens (tertiary/aromatic N) is 2. The van der Waals surface area contributed by atoms with E-state index in [1.54, 1.807) is 0 Å². The molecule has 0 saturated heterocycles.